The molecule has 1 aromatic carbocycles. The van der Waals surface area contributed by atoms with Gasteiger partial charge in [0.25, 0.3) is 5.91 Å². The highest BCUT2D eigenvalue weighted by Gasteiger charge is 2.45. The summed E-state index contributed by atoms with van der Waals surface area (Å²) in [6.07, 6.45) is 5.69. The van der Waals surface area contributed by atoms with E-state index in [0.717, 1.165) is 49.4 Å². The Kier molecular flexibility index (Phi) is 4.57. The van der Waals surface area contributed by atoms with E-state index in [-0.39, 0.29) is 23.5 Å². The molecule has 3 aliphatic rings. The van der Waals surface area contributed by atoms with Crippen molar-refractivity contribution in [3.63, 3.8) is 0 Å². The van der Waals surface area contributed by atoms with Gasteiger partial charge in [0.1, 0.15) is 0 Å². The fourth-order valence-electron chi connectivity index (χ4n) is 5.15. The third-order valence-electron chi connectivity index (χ3n) is 6.80. The van der Waals surface area contributed by atoms with Crippen LogP contribution in [-0.4, -0.2) is 69.2 Å². The number of aromatic amines is 1. The zero-order valence-electron chi connectivity index (χ0n) is 16.9. The number of piperidine rings is 1. The lowest BCUT2D eigenvalue weighted by Gasteiger charge is -2.48. The topological polar surface area (TPSA) is 78.5 Å². The number of aromatic nitrogens is 2. The van der Waals surface area contributed by atoms with Crippen LogP contribution in [0.25, 0.3) is 10.9 Å². The second-order valence-corrected chi connectivity index (χ2v) is 8.75. The first-order valence-electron chi connectivity index (χ1n) is 10.7. The normalized spacial score (nSPS) is 24.0. The Labute approximate surface area is 170 Å². The summed E-state index contributed by atoms with van der Waals surface area (Å²) in [6.45, 7) is 3.71. The van der Waals surface area contributed by atoms with Crippen LogP contribution in [0.4, 0.5) is 0 Å². The Morgan fingerprint density at radius 2 is 1.93 bits per heavy atom. The van der Waals surface area contributed by atoms with Gasteiger partial charge in [-0.2, -0.15) is 5.10 Å². The molecule has 154 valence electrons. The minimum atomic E-state index is -0.212. The van der Waals surface area contributed by atoms with Gasteiger partial charge in [-0.1, -0.05) is 18.2 Å². The molecule has 1 N–H and O–H groups in total. The maximum atomic E-state index is 13.1. The molecule has 0 radical (unpaired) electrons. The summed E-state index contributed by atoms with van der Waals surface area (Å²) < 4.78 is 6.26. The van der Waals surface area contributed by atoms with E-state index in [1.807, 2.05) is 29.2 Å². The van der Waals surface area contributed by atoms with E-state index < -0.39 is 0 Å². The van der Waals surface area contributed by atoms with Crippen molar-refractivity contribution >= 4 is 22.7 Å². The van der Waals surface area contributed by atoms with E-state index in [4.69, 9.17) is 4.74 Å². The number of amides is 2. The summed E-state index contributed by atoms with van der Waals surface area (Å²) >= 11 is 0. The zero-order chi connectivity index (χ0) is 20.0. The smallest absolute Gasteiger partial charge is 0.274 e. The summed E-state index contributed by atoms with van der Waals surface area (Å²) in [5, 5.41) is 8.08. The number of rotatable bonds is 3. The van der Waals surface area contributed by atoms with Crippen molar-refractivity contribution in [3.8, 4) is 0 Å². The molecule has 1 unspecified atom stereocenters. The van der Waals surface area contributed by atoms with Crippen molar-refractivity contribution in [2.45, 2.75) is 63.1 Å². The molecule has 3 fully saturated rings. The van der Waals surface area contributed by atoms with E-state index in [2.05, 4.69) is 15.1 Å². The molecule has 2 aliphatic heterocycles. The molecule has 7 nitrogen and oxygen atoms in total. The predicted octanol–water partition coefficient (Wildman–Crippen LogP) is 2.73. The first-order valence-corrected chi connectivity index (χ1v) is 10.7. The minimum absolute atomic E-state index is 0.0204. The maximum absolute atomic E-state index is 13.1. The van der Waals surface area contributed by atoms with E-state index in [1.54, 1.807) is 6.92 Å². The van der Waals surface area contributed by atoms with Crippen molar-refractivity contribution in [1.82, 2.24) is 20.0 Å². The van der Waals surface area contributed by atoms with Crippen LogP contribution >= 0.6 is 0 Å². The molecule has 1 atom stereocenters. The third-order valence-corrected chi connectivity index (χ3v) is 6.80. The van der Waals surface area contributed by atoms with Gasteiger partial charge in [-0.15, -0.1) is 0 Å². The van der Waals surface area contributed by atoms with Crippen LogP contribution in [0, 0.1) is 0 Å². The van der Waals surface area contributed by atoms with E-state index in [9.17, 15) is 9.59 Å². The number of likely N-dealkylation sites (tertiary alicyclic amines) is 1. The van der Waals surface area contributed by atoms with Gasteiger partial charge in [0.05, 0.1) is 11.1 Å². The molecule has 2 amide bonds. The highest BCUT2D eigenvalue weighted by atomic mass is 16.5. The van der Waals surface area contributed by atoms with Crippen LogP contribution in [0.2, 0.25) is 0 Å². The van der Waals surface area contributed by atoms with E-state index >= 15 is 0 Å². The molecule has 3 heterocycles. The van der Waals surface area contributed by atoms with Gasteiger partial charge in [-0.3, -0.25) is 14.7 Å². The Morgan fingerprint density at radius 1 is 1.17 bits per heavy atom. The van der Waals surface area contributed by atoms with Gasteiger partial charge >= 0.3 is 0 Å². The molecule has 29 heavy (non-hydrogen) atoms. The summed E-state index contributed by atoms with van der Waals surface area (Å²) in [7, 11) is 0. The largest absolute Gasteiger partial charge is 0.375 e. The van der Waals surface area contributed by atoms with Crippen molar-refractivity contribution < 1.29 is 14.3 Å². The van der Waals surface area contributed by atoms with Gasteiger partial charge < -0.3 is 14.5 Å². The first-order chi connectivity index (χ1) is 14.1. The van der Waals surface area contributed by atoms with E-state index in [1.165, 1.54) is 0 Å². The second-order valence-electron chi connectivity index (χ2n) is 8.75. The Balaban J connectivity index is 1.27. The van der Waals surface area contributed by atoms with E-state index in [0.29, 0.717) is 31.4 Å². The lowest BCUT2D eigenvalue weighted by atomic mass is 9.81. The van der Waals surface area contributed by atoms with Crippen LogP contribution < -0.4 is 0 Å². The second kappa shape index (κ2) is 7.13. The average molecular weight is 396 g/mol. The number of hydrogen-bond donors (Lipinski definition) is 1. The number of nitrogens with zero attached hydrogens (tertiary/aromatic N) is 3. The Hall–Kier alpha value is -2.41. The van der Waals surface area contributed by atoms with Crippen LogP contribution in [0.15, 0.2) is 24.3 Å². The highest BCUT2D eigenvalue weighted by Crippen LogP contribution is 2.40. The van der Waals surface area contributed by atoms with Crippen molar-refractivity contribution in [3.05, 3.63) is 30.0 Å². The number of fused-ring (bicyclic) bond motifs is 1. The minimum Gasteiger partial charge on any atom is -0.375 e. The van der Waals surface area contributed by atoms with Crippen molar-refractivity contribution in [2.24, 2.45) is 0 Å². The number of ether oxygens (including phenoxy) is 1. The number of nitrogens with one attached hydrogen (secondary N) is 1. The molecule has 1 spiro atoms. The molecule has 2 aromatic rings. The average Bonchev–Trinajstić information content (AvgIpc) is 3.45. The van der Waals surface area contributed by atoms with Gasteiger partial charge in [-0.05, 0) is 44.6 Å². The highest BCUT2D eigenvalue weighted by molar-refractivity contribution is 6.04. The summed E-state index contributed by atoms with van der Waals surface area (Å²) in [6, 6.07) is 8.42. The van der Waals surface area contributed by atoms with Crippen LogP contribution in [-0.2, 0) is 9.53 Å². The molecule has 2 saturated heterocycles. The van der Waals surface area contributed by atoms with Crippen molar-refractivity contribution in [2.75, 3.05) is 19.7 Å². The number of H-pyrrole nitrogens is 1. The number of para-hydroxylation sites is 1. The Bertz CT molecular complexity index is 927. The predicted molar refractivity (Wildman–Crippen MR) is 108 cm³/mol. The number of benzene rings is 1. The van der Waals surface area contributed by atoms with Crippen LogP contribution in [0.5, 0.6) is 0 Å². The van der Waals surface area contributed by atoms with Crippen molar-refractivity contribution in [1.29, 1.82) is 0 Å². The maximum Gasteiger partial charge on any atom is 0.274 e. The number of carbonyl (C=O) groups excluding carboxylic acids is 2. The summed E-state index contributed by atoms with van der Waals surface area (Å²) in [5.41, 5.74) is 1.17. The summed E-state index contributed by atoms with van der Waals surface area (Å²) in [4.78, 5) is 29.3. The zero-order valence-corrected chi connectivity index (χ0v) is 16.9. The fraction of sp³-hybridized carbons (Fsp3) is 0.591. The molecule has 0 bridgehead atoms. The monoisotopic (exact) mass is 396 g/mol. The molecule has 5 rings (SSSR count). The number of hydrogen-bond acceptors (Lipinski definition) is 4. The van der Waals surface area contributed by atoms with Gasteiger partial charge in [0, 0.05) is 44.1 Å². The lowest BCUT2D eigenvalue weighted by Crippen LogP contribution is -2.55. The fourth-order valence-corrected chi connectivity index (χ4v) is 5.15. The van der Waals surface area contributed by atoms with Gasteiger partial charge in [-0.25, -0.2) is 0 Å². The molecule has 1 aromatic heterocycles. The third kappa shape index (κ3) is 3.41. The Morgan fingerprint density at radius 3 is 2.66 bits per heavy atom. The molecule has 1 aliphatic carbocycles. The van der Waals surface area contributed by atoms with Crippen LogP contribution in [0.1, 0.15) is 55.9 Å². The summed E-state index contributed by atoms with van der Waals surface area (Å²) in [5.74, 6) is 0.167. The standard InChI is InChI=1S/C22H28N4O3/c1-15(27)26(16-6-7-16)17-8-13-29-22(14-17)9-11-25(12-10-22)21(28)20-18-4-2-3-5-19(18)23-24-20/h2-5,16-17H,6-14H2,1H3,(H,23,24). The quantitative estimate of drug-likeness (QED) is 0.865. The van der Waals surface area contributed by atoms with Gasteiger partial charge in [0.15, 0.2) is 5.69 Å². The van der Waals surface area contributed by atoms with Gasteiger partial charge in [0.2, 0.25) is 5.91 Å². The lowest BCUT2D eigenvalue weighted by molar-refractivity contribution is -0.148. The van der Waals surface area contributed by atoms with Crippen LogP contribution in [0.3, 0.4) is 0 Å². The first kappa shape index (κ1) is 18.6. The number of carbonyl (C=O) groups is 2. The molecule has 1 saturated carbocycles. The SMILES string of the molecule is CC(=O)N(C1CC1)C1CCOC2(CCN(C(=O)c3n[nH]c4ccccc34)CC2)C1. The molecular formula is C22H28N4O3. The molecule has 7 heteroatoms. The molecular weight excluding hydrogens is 368 g/mol.